The fourth-order valence-electron chi connectivity index (χ4n) is 3.38. The van der Waals surface area contributed by atoms with Crippen molar-refractivity contribution in [1.82, 2.24) is 15.5 Å². The molecular weight excluding hydrogens is 314 g/mol. The SMILES string of the molecule is CNCCNC(=O)C1CCN(C(=O)c2cccc3ccccc23)CC1. The van der Waals surface area contributed by atoms with Crippen LogP contribution in [0.1, 0.15) is 23.2 Å². The number of carbonyl (C=O) groups is 2. The van der Waals surface area contributed by atoms with E-state index >= 15 is 0 Å². The minimum absolute atomic E-state index is 0.00780. The number of amides is 2. The van der Waals surface area contributed by atoms with E-state index in [1.165, 1.54) is 0 Å². The molecule has 25 heavy (non-hydrogen) atoms. The van der Waals surface area contributed by atoms with Crippen molar-refractivity contribution in [1.29, 1.82) is 0 Å². The van der Waals surface area contributed by atoms with Gasteiger partial charge in [0.1, 0.15) is 0 Å². The molecule has 2 aromatic carbocycles. The minimum atomic E-state index is 0.00780. The molecule has 1 aliphatic rings. The monoisotopic (exact) mass is 339 g/mol. The van der Waals surface area contributed by atoms with E-state index in [0.29, 0.717) is 19.6 Å². The first-order valence-corrected chi connectivity index (χ1v) is 8.90. The first-order valence-electron chi connectivity index (χ1n) is 8.90. The van der Waals surface area contributed by atoms with Gasteiger partial charge >= 0.3 is 0 Å². The molecule has 2 aromatic rings. The molecule has 0 bridgehead atoms. The average Bonchev–Trinajstić information content (AvgIpc) is 2.67. The molecule has 0 aliphatic carbocycles. The van der Waals surface area contributed by atoms with Gasteiger partial charge in [-0.2, -0.15) is 0 Å². The Bertz CT molecular complexity index is 746. The number of likely N-dealkylation sites (N-methyl/N-ethyl adjacent to an activating group) is 1. The molecule has 5 nitrogen and oxygen atoms in total. The largest absolute Gasteiger partial charge is 0.355 e. The first-order chi connectivity index (χ1) is 12.2. The molecule has 0 radical (unpaired) electrons. The lowest BCUT2D eigenvalue weighted by atomic mass is 9.95. The molecular formula is C20H25N3O2. The summed E-state index contributed by atoms with van der Waals surface area (Å²) in [7, 11) is 1.86. The normalized spacial score (nSPS) is 15.3. The second-order valence-electron chi connectivity index (χ2n) is 6.49. The number of hydrogen-bond acceptors (Lipinski definition) is 3. The number of likely N-dealkylation sites (tertiary alicyclic amines) is 1. The summed E-state index contributed by atoms with van der Waals surface area (Å²) < 4.78 is 0. The van der Waals surface area contributed by atoms with Crippen LogP contribution in [0.25, 0.3) is 10.8 Å². The first kappa shape index (κ1) is 17.4. The Balaban J connectivity index is 1.62. The molecule has 1 fully saturated rings. The summed E-state index contributed by atoms with van der Waals surface area (Å²) in [5.41, 5.74) is 0.745. The summed E-state index contributed by atoms with van der Waals surface area (Å²) in [4.78, 5) is 26.9. The summed E-state index contributed by atoms with van der Waals surface area (Å²) in [5.74, 6) is 0.173. The van der Waals surface area contributed by atoms with Crippen LogP contribution < -0.4 is 10.6 Å². The van der Waals surface area contributed by atoms with Gasteiger partial charge in [0.05, 0.1) is 0 Å². The molecule has 5 heteroatoms. The zero-order chi connectivity index (χ0) is 17.6. The van der Waals surface area contributed by atoms with Gasteiger partial charge in [0.15, 0.2) is 0 Å². The molecule has 0 atom stereocenters. The molecule has 1 aliphatic heterocycles. The van der Waals surface area contributed by atoms with E-state index in [1.54, 1.807) is 0 Å². The molecule has 2 amide bonds. The van der Waals surface area contributed by atoms with Crippen molar-refractivity contribution in [3.05, 3.63) is 48.0 Å². The zero-order valence-corrected chi connectivity index (χ0v) is 14.6. The van der Waals surface area contributed by atoms with E-state index in [4.69, 9.17) is 0 Å². The number of carbonyl (C=O) groups excluding carboxylic acids is 2. The zero-order valence-electron chi connectivity index (χ0n) is 14.6. The third-order valence-corrected chi connectivity index (χ3v) is 4.85. The van der Waals surface area contributed by atoms with Crippen LogP contribution in [0.2, 0.25) is 0 Å². The highest BCUT2D eigenvalue weighted by Crippen LogP contribution is 2.23. The van der Waals surface area contributed by atoms with Crippen LogP contribution in [0.3, 0.4) is 0 Å². The lowest BCUT2D eigenvalue weighted by molar-refractivity contribution is -0.126. The summed E-state index contributed by atoms with van der Waals surface area (Å²) in [6.07, 6.45) is 1.45. The van der Waals surface area contributed by atoms with Crippen LogP contribution in [-0.4, -0.2) is 49.9 Å². The maximum Gasteiger partial charge on any atom is 0.254 e. The van der Waals surface area contributed by atoms with Crippen molar-refractivity contribution in [3.8, 4) is 0 Å². The van der Waals surface area contributed by atoms with Crippen molar-refractivity contribution in [2.75, 3.05) is 33.2 Å². The molecule has 3 rings (SSSR count). The molecule has 1 saturated heterocycles. The molecule has 1 heterocycles. The number of fused-ring (bicyclic) bond motifs is 1. The maximum absolute atomic E-state index is 12.9. The number of nitrogens with zero attached hydrogens (tertiary/aromatic N) is 1. The second kappa shape index (κ2) is 8.12. The third-order valence-electron chi connectivity index (χ3n) is 4.85. The number of nitrogens with one attached hydrogen (secondary N) is 2. The third kappa shape index (κ3) is 3.99. The maximum atomic E-state index is 12.9. The number of piperidine rings is 1. The summed E-state index contributed by atoms with van der Waals surface area (Å²) in [5, 5.41) is 8.03. The predicted octanol–water partition coefficient (Wildman–Crippen LogP) is 2.03. The summed E-state index contributed by atoms with van der Waals surface area (Å²) in [6, 6.07) is 13.8. The van der Waals surface area contributed by atoms with Gasteiger partial charge < -0.3 is 15.5 Å². The Labute approximate surface area is 148 Å². The van der Waals surface area contributed by atoms with Crippen LogP contribution in [-0.2, 0) is 4.79 Å². The average molecular weight is 339 g/mol. The van der Waals surface area contributed by atoms with Gasteiger partial charge in [-0.05, 0) is 36.7 Å². The Morgan fingerprint density at radius 3 is 2.52 bits per heavy atom. The van der Waals surface area contributed by atoms with Crippen LogP contribution in [0.4, 0.5) is 0 Å². The van der Waals surface area contributed by atoms with Crippen LogP contribution >= 0.6 is 0 Å². The molecule has 2 N–H and O–H groups in total. The van der Waals surface area contributed by atoms with E-state index in [0.717, 1.165) is 35.7 Å². The van der Waals surface area contributed by atoms with Crippen LogP contribution in [0.5, 0.6) is 0 Å². The lowest BCUT2D eigenvalue weighted by Crippen LogP contribution is -2.44. The Kier molecular flexibility index (Phi) is 5.66. The number of rotatable bonds is 5. The van der Waals surface area contributed by atoms with Crippen molar-refractivity contribution < 1.29 is 9.59 Å². The van der Waals surface area contributed by atoms with Gasteiger partial charge in [-0.3, -0.25) is 9.59 Å². The fraction of sp³-hybridized carbons (Fsp3) is 0.400. The molecule has 0 aromatic heterocycles. The van der Waals surface area contributed by atoms with Gasteiger partial charge in [0.2, 0.25) is 5.91 Å². The van der Waals surface area contributed by atoms with Crippen molar-refractivity contribution in [2.45, 2.75) is 12.8 Å². The smallest absolute Gasteiger partial charge is 0.254 e. The highest BCUT2D eigenvalue weighted by atomic mass is 16.2. The lowest BCUT2D eigenvalue weighted by Gasteiger charge is -2.31. The van der Waals surface area contributed by atoms with Crippen molar-refractivity contribution in [3.63, 3.8) is 0 Å². The Morgan fingerprint density at radius 2 is 1.76 bits per heavy atom. The Morgan fingerprint density at radius 1 is 1.04 bits per heavy atom. The number of benzene rings is 2. The van der Waals surface area contributed by atoms with E-state index in [1.807, 2.05) is 54.4 Å². The standard InChI is InChI=1S/C20H25N3O2/c1-21-11-12-22-19(24)16-9-13-23(14-10-16)20(25)18-8-4-6-15-5-2-3-7-17(15)18/h2-8,16,21H,9-14H2,1H3,(H,22,24). The minimum Gasteiger partial charge on any atom is -0.355 e. The van der Waals surface area contributed by atoms with E-state index in [9.17, 15) is 9.59 Å². The molecule has 0 saturated carbocycles. The topological polar surface area (TPSA) is 61.4 Å². The van der Waals surface area contributed by atoms with E-state index < -0.39 is 0 Å². The van der Waals surface area contributed by atoms with Gasteiger partial charge in [-0.25, -0.2) is 0 Å². The van der Waals surface area contributed by atoms with Crippen LogP contribution in [0.15, 0.2) is 42.5 Å². The molecule has 132 valence electrons. The van der Waals surface area contributed by atoms with Crippen LogP contribution in [0, 0.1) is 5.92 Å². The Hall–Kier alpha value is -2.40. The number of hydrogen-bond donors (Lipinski definition) is 2. The quantitative estimate of drug-likeness (QED) is 0.820. The highest BCUT2D eigenvalue weighted by molar-refractivity contribution is 6.07. The van der Waals surface area contributed by atoms with Crippen molar-refractivity contribution in [2.24, 2.45) is 5.92 Å². The molecule has 0 spiro atoms. The van der Waals surface area contributed by atoms with Gasteiger partial charge in [-0.1, -0.05) is 36.4 Å². The van der Waals surface area contributed by atoms with E-state index in [-0.39, 0.29) is 17.7 Å². The summed E-state index contributed by atoms with van der Waals surface area (Å²) in [6.45, 7) is 2.67. The highest BCUT2D eigenvalue weighted by Gasteiger charge is 2.28. The predicted molar refractivity (Wildman–Crippen MR) is 99.5 cm³/mol. The molecule has 0 unspecified atom stereocenters. The van der Waals surface area contributed by atoms with Gasteiger partial charge in [0, 0.05) is 37.7 Å². The van der Waals surface area contributed by atoms with E-state index in [2.05, 4.69) is 10.6 Å². The summed E-state index contributed by atoms with van der Waals surface area (Å²) >= 11 is 0. The van der Waals surface area contributed by atoms with Gasteiger partial charge in [0.25, 0.3) is 5.91 Å². The second-order valence-corrected chi connectivity index (χ2v) is 6.49. The fourth-order valence-corrected chi connectivity index (χ4v) is 3.38. The van der Waals surface area contributed by atoms with Gasteiger partial charge in [-0.15, -0.1) is 0 Å². The van der Waals surface area contributed by atoms with Crippen molar-refractivity contribution >= 4 is 22.6 Å².